The molecule has 16 heavy (non-hydrogen) atoms. The SMILES string of the molecule is CCCOCC=C(CC)C(F)(F)C(F)(F)F. The molecule has 0 unspecified atom stereocenters. The summed E-state index contributed by atoms with van der Waals surface area (Å²) >= 11 is 0. The summed E-state index contributed by atoms with van der Waals surface area (Å²) in [5.41, 5.74) is -0.948. The van der Waals surface area contributed by atoms with Gasteiger partial charge in [0.25, 0.3) is 0 Å². The summed E-state index contributed by atoms with van der Waals surface area (Å²) in [5, 5.41) is 0. The Morgan fingerprint density at radius 3 is 2.06 bits per heavy atom. The van der Waals surface area contributed by atoms with Crippen LogP contribution >= 0.6 is 0 Å². The third-order valence-corrected chi connectivity index (χ3v) is 1.94. The topological polar surface area (TPSA) is 9.23 Å². The van der Waals surface area contributed by atoms with E-state index in [1.807, 2.05) is 6.92 Å². The first-order chi connectivity index (χ1) is 7.27. The Balaban J connectivity index is 4.59. The fourth-order valence-corrected chi connectivity index (χ4v) is 1.06. The van der Waals surface area contributed by atoms with E-state index in [-0.39, 0.29) is 13.0 Å². The van der Waals surface area contributed by atoms with Gasteiger partial charge in [0.05, 0.1) is 6.61 Å². The number of allylic oxidation sites excluding steroid dienone is 1. The Bertz CT molecular complexity index is 232. The number of halogens is 5. The summed E-state index contributed by atoms with van der Waals surface area (Å²) in [5.74, 6) is -4.77. The summed E-state index contributed by atoms with van der Waals surface area (Å²) in [6.45, 7) is 3.19. The summed E-state index contributed by atoms with van der Waals surface area (Å²) in [7, 11) is 0. The predicted octanol–water partition coefficient (Wildman–Crippen LogP) is 3.95. The number of ether oxygens (including phenoxy) is 1. The molecular weight excluding hydrogens is 231 g/mol. The number of hydrogen-bond donors (Lipinski definition) is 0. The van der Waals surface area contributed by atoms with Gasteiger partial charge >= 0.3 is 12.1 Å². The molecule has 0 radical (unpaired) electrons. The van der Waals surface area contributed by atoms with Crippen molar-refractivity contribution in [2.24, 2.45) is 0 Å². The molecule has 0 heterocycles. The molecule has 0 saturated carbocycles. The summed E-state index contributed by atoms with van der Waals surface area (Å²) < 4.78 is 66.6. The zero-order valence-corrected chi connectivity index (χ0v) is 9.20. The highest BCUT2D eigenvalue weighted by atomic mass is 19.4. The van der Waals surface area contributed by atoms with Crippen molar-refractivity contribution in [1.82, 2.24) is 0 Å². The first kappa shape index (κ1) is 15.3. The minimum Gasteiger partial charge on any atom is -0.377 e. The fraction of sp³-hybridized carbons (Fsp3) is 0.800. The van der Waals surface area contributed by atoms with Gasteiger partial charge in [-0.05, 0) is 12.8 Å². The Morgan fingerprint density at radius 2 is 1.69 bits per heavy atom. The molecule has 6 heteroatoms. The average molecular weight is 246 g/mol. The minimum absolute atomic E-state index is 0.220. The van der Waals surface area contributed by atoms with E-state index in [9.17, 15) is 22.0 Å². The highest BCUT2D eigenvalue weighted by Gasteiger charge is 2.59. The van der Waals surface area contributed by atoms with Crippen LogP contribution in [-0.2, 0) is 4.74 Å². The molecule has 0 spiro atoms. The first-order valence-corrected chi connectivity index (χ1v) is 4.99. The second-order valence-corrected chi connectivity index (χ2v) is 3.23. The molecule has 0 amide bonds. The van der Waals surface area contributed by atoms with Gasteiger partial charge in [-0.15, -0.1) is 0 Å². The van der Waals surface area contributed by atoms with Crippen molar-refractivity contribution >= 4 is 0 Å². The van der Waals surface area contributed by atoms with E-state index in [4.69, 9.17) is 4.74 Å². The number of rotatable bonds is 6. The molecule has 0 fully saturated rings. The zero-order chi connectivity index (χ0) is 12.8. The Hall–Kier alpha value is -0.650. The smallest absolute Gasteiger partial charge is 0.377 e. The van der Waals surface area contributed by atoms with Gasteiger partial charge in [0.15, 0.2) is 0 Å². The van der Waals surface area contributed by atoms with Gasteiger partial charge < -0.3 is 4.74 Å². The third kappa shape index (κ3) is 4.08. The Labute approximate surface area is 91.3 Å². The molecule has 0 aromatic rings. The van der Waals surface area contributed by atoms with Crippen molar-refractivity contribution in [1.29, 1.82) is 0 Å². The van der Waals surface area contributed by atoms with Crippen LogP contribution in [0.25, 0.3) is 0 Å². The van der Waals surface area contributed by atoms with E-state index in [2.05, 4.69) is 0 Å². The molecule has 0 aromatic heterocycles. The summed E-state index contributed by atoms with van der Waals surface area (Å²) in [4.78, 5) is 0. The van der Waals surface area contributed by atoms with E-state index in [0.717, 1.165) is 6.08 Å². The maximum absolute atomic E-state index is 12.9. The molecule has 0 bridgehead atoms. The largest absolute Gasteiger partial charge is 0.457 e. The van der Waals surface area contributed by atoms with Crippen LogP contribution in [0.5, 0.6) is 0 Å². The maximum Gasteiger partial charge on any atom is 0.457 e. The second-order valence-electron chi connectivity index (χ2n) is 3.23. The lowest BCUT2D eigenvalue weighted by atomic mass is 10.1. The zero-order valence-electron chi connectivity index (χ0n) is 9.20. The third-order valence-electron chi connectivity index (χ3n) is 1.94. The van der Waals surface area contributed by atoms with Crippen LogP contribution in [0.4, 0.5) is 22.0 Å². The van der Waals surface area contributed by atoms with Gasteiger partial charge in [-0.1, -0.05) is 19.9 Å². The first-order valence-electron chi connectivity index (χ1n) is 4.99. The van der Waals surface area contributed by atoms with Crippen molar-refractivity contribution in [2.75, 3.05) is 13.2 Å². The fourth-order valence-electron chi connectivity index (χ4n) is 1.06. The van der Waals surface area contributed by atoms with Crippen LogP contribution in [-0.4, -0.2) is 25.3 Å². The molecule has 0 aliphatic rings. The molecule has 0 aromatic carbocycles. The monoisotopic (exact) mass is 246 g/mol. The van der Waals surface area contributed by atoms with Crippen LogP contribution in [0.3, 0.4) is 0 Å². The molecular formula is C10H15F5O. The van der Waals surface area contributed by atoms with Crippen molar-refractivity contribution < 1.29 is 26.7 Å². The highest BCUT2D eigenvalue weighted by molar-refractivity contribution is 5.15. The van der Waals surface area contributed by atoms with Gasteiger partial charge in [0, 0.05) is 12.2 Å². The molecule has 1 nitrogen and oxygen atoms in total. The van der Waals surface area contributed by atoms with Crippen molar-refractivity contribution in [3.63, 3.8) is 0 Å². The van der Waals surface area contributed by atoms with Gasteiger partial charge in [0.1, 0.15) is 0 Å². The van der Waals surface area contributed by atoms with Gasteiger partial charge in [0.2, 0.25) is 0 Å². The normalized spacial score (nSPS) is 14.3. The van der Waals surface area contributed by atoms with E-state index < -0.39 is 17.7 Å². The number of hydrogen-bond acceptors (Lipinski definition) is 1. The lowest BCUT2D eigenvalue weighted by molar-refractivity contribution is -0.265. The average Bonchev–Trinajstić information content (AvgIpc) is 2.16. The van der Waals surface area contributed by atoms with Crippen molar-refractivity contribution in [2.45, 2.75) is 38.8 Å². The molecule has 0 aliphatic heterocycles. The summed E-state index contributed by atoms with van der Waals surface area (Å²) in [6.07, 6.45) is -4.41. The minimum atomic E-state index is -5.54. The second kappa shape index (κ2) is 6.18. The Kier molecular flexibility index (Phi) is 5.92. The highest BCUT2D eigenvalue weighted by Crippen LogP contribution is 2.42. The van der Waals surface area contributed by atoms with Gasteiger partial charge in [-0.3, -0.25) is 0 Å². The van der Waals surface area contributed by atoms with Crippen molar-refractivity contribution in [3.8, 4) is 0 Å². The molecule has 0 rings (SSSR count). The van der Waals surface area contributed by atoms with Gasteiger partial charge in [-0.2, -0.15) is 22.0 Å². The molecule has 0 N–H and O–H groups in total. The lowest BCUT2D eigenvalue weighted by Gasteiger charge is -2.21. The van der Waals surface area contributed by atoms with Crippen molar-refractivity contribution in [3.05, 3.63) is 11.6 Å². The molecule has 0 aliphatic carbocycles. The molecule has 96 valence electrons. The molecule has 0 saturated heterocycles. The lowest BCUT2D eigenvalue weighted by Crippen LogP contribution is -2.38. The van der Waals surface area contributed by atoms with E-state index >= 15 is 0 Å². The molecule has 0 atom stereocenters. The maximum atomic E-state index is 12.9. The number of alkyl halides is 5. The predicted molar refractivity (Wildman–Crippen MR) is 50.5 cm³/mol. The Morgan fingerprint density at radius 1 is 1.12 bits per heavy atom. The van der Waals surface area contributed by atoms with Crippen LogP contribution in [0.1, 0.15) is 26.7 Å². The standard InChI is InChI=1S/C10H15F5O/c1-3-6-16-7-5-8(4-2)9(11,12)10(13,14)15/h5H,3-4,6-7H2,1-2H3. The van der Waals surface area contributed by atoms with E-state index in [1.165, 1.54) is 6.92 Å². The van der Waals surface area contributed by atoms with Gasteiger partial charge in [-0.25, -0.2) is 0 Å². The van der Waals surface area contributed by atoms with Crippen LogP contribution in [0.15, 0.2) is 11.6 Å². The van der Waals surface area contributed by atoms with Crippen LogP contribution < -0.4 is 0 Å². The van der Waals surface area contributed by atoms with E-state index in [0.29, 0.717) is 13.0 Å². The van der Waals surface area contributed by atoms with E-state index in [1.54, 1.807) is 0 Å². The van der Waals surface area contributed by atoms with Crippen LogP contribution in [0.2, 0.25) is 0 Å². The quantitative estimate of drug-likeness (QED) is 0.392. The van der Waals surface area contributed by atoms with Crippen LogP contribution in [0, 0.1) is 0 Å². The summed E-state index contributed by atoms with van der Waals surface area (Å²) in [6, 6.07) is 0.